The lowest BCUT2D eigenvalue weighted by Crippen LogP contribution is -2.66. The molecule has 0 fully saturated rings. The molecule has 3 aromatic rings. The number of aryl methyl sites for hydroxylation is 3. The largest absolute Gasteiger partial charge is 0.408 e. The van der Waals surface area contributed by atoms with Gasteiger partial charge in [0.15, 0.2) is 5.59 Å². The fourth-order valence-corrected chi connectivity index (χ4v) is 4.23. The number of rotatable bonds is 1. The zero-order valence-corrected chi connectivity index (χ0v) is 15.7. The molecule has 25 heavy (non-hydrogen) atoms. The number of nitrogens with zero attached hydrogens (tertiary/aromatic N) is 2. The van der Waals surface area contributed by atoms with Gasteiger partial charge in [-0.25, -0.2) is 4.57 Å². The van der Waals surface area contributed by atoms with Gasteiger partial charge in [-0.15, -0.1) is 0 Å². The zero-order valence-electron chi connectivity index (χ0n) is 15.7. The van der Waals surface area contributed by atoms with Crippen LogP contribution >= 0.6 is 0 Å². The van der Waals surface area contributed by atoms with E-state index < -0.39 is 0 Å². The van der Waals surface area contributed by atoms with Crippen molar-refractivity contribution in [3.8, 4) is 0 Å². The molecule has 1 aliphatic rings. The van der Waals surface area contributed by atoms with E-state index in [2.05, 4.69) is 98.9 Å². The molecule has 1 aromatic heterocycles. The molecule has 124 valence electrons. The van der Waals surface area contributed by atoms with E-state index in [1.807, 2.05) is 0 Å². The zero-order chi connectivity index (χ0) is 17.7. The lowest BCUT2D eigenvalue weighted by Gasteiger charge is -2.31. The molecule has 2 heterocycles. The first kappa shape index (κ1) is 16.0. The normalized spacial score (nSPS) is 13.9. The van der Waals surface area contributed by atoms with Crippen LogP contribution < -0.4 is 15.6 Å². The lowest BCUT2D eigenvalue weighted by molar-refractivity contribution is -0.627. The monoisotopic (exact) mass is 327 g/mol. The van der Waals surface area contributed by atoms with E-state index in [9.17, 15) is 0 Å². The fraction of sp³-hybridized carbons (Fsp3) is 0.227. The minimum Gasteiger partial charge on any atom is -0.408 e. The maximum absolute atomic E-state index is 2.39. The van der Waals surface area contributed by atoms with Crippen molar-refractivity contribution in [2.45, 2.75) is 20.8 Å². The molecule has 0 unspecified atom stereocenters. The quantitative estimate of drug-likeness (QED) is 0.492. The average molecular weight is 327 g/mol. The van der Waals surface area contributed by atoms with Gasteiger partial charge in [-0.05, 0) is 61.7 Å². The molecule has 0 saturated heterocycles. The maximum atomic E-state index is 2.39. The number of pyridine rings is 1. The highest BCUT2D eigenvalue weighted by Crippen LogP contribution is 2.20. The number of benzene rings is 2. The van der Waals surface area contributed by atoms with Crippen LogP contribution in [0.5, 0.6) is 0 Å². The summed E-state index contributed by atoms with van der Waals surface area (Å²) in [5.74, 6) is 0. The smallest absolute Gasteiger partial charge is 0.404 e. The van der Waals surface area contributed by atoms with Crippen LogP contribution in [0.3, 0.4) is 0 Å². The fourth-order valence-electron chi connectivity index (χ4n) is 4.23. The third-order valence-corrected chi connectivity index (χ3v) is 5.64. The van der Waals surface area contributed by atoms with Crippen LogP contribution in [-0.4, -0.2) is 18.7 Å². The van der Waals surface area contributed by atoms with Gasteiger partial charge < -0.3 is 4.81 Å². The third kappa shape index (κ3) is 2.38. The van der Waals surface area contributed by atoms with Crippen molar-refractivity contribution in [1.29, 1.82) is 0 Å². The van der Waals surface area contributed by atoms with Gasteiger partial charge >= 0.3 is 6.85 Å². The van der Waals surface area contributed by atoms with Crippen molar-refractivity contribution >= 4 is 34.9 Å². The molecule has 0 amide bonds. The van der Waals surface area contributed by atoms with Crippen LogP contribution in [0.15, 0.2) is 54.2 Å². The van der Waals surface area contributed by atoms with Gasteiger partial charge in [0.05, 0.1) is 5.39 Å². The van der Waals surface area contributed by atoms with Gasteiger partial charge in [0.25, 0.3) is 0 Å². The molecule has 0 bridgehead atoms. The van der Waals surface area contributed by atoms with E-state index in [0.717, 1.165) is 0 Å². The number of allylic oxidation sites excluding steroid dienone is 1. The second-order valence-corrected chi connectivity index (χ2v) is 7.21. The highest BCUT2D eigenvalue weighted by atomic mass is 15.1. The van der Waals surface area contributed by atoms with E-state index in [1.165, 1.54) is 44.3 Å². The van der Waals surface area contributed by atoms with Gasteiger partial charge in [0, 0.05) is 12.1 Å². The van der Waals surface area contributed by atoms with Gasteiger partial charge in [-0.1, -0.05) is 36.4 Å². The van der Waals surface area contributed by atoms with E-state index in [1.54, 1.807) is 0 Å². The van der Waals surface area contributed by atoms with Crippen molar-refractivity contribution in [1.82, 2.24) is 4.81 Å². The van der Waals surface area contributed by atoms with Gasteiger partial charge in [-0.3, -0.25) is 0 Å². The van der Waals surface area contributed by atoms with Crippen LogP contribution in [0.2, 0.25) is 0 Å². The molecule has 4 rings (SSSR count). The predicted molar refractivity (Wildman–Crippen MR) is 107 cm³/mol. The summed E-state index contributed by atoms with van der Waals surface area (Å²) in [6.45, 7) is 6.86. The van der Waals surface area contributed by atoms with E-state index >= 15 is 0 Å². The van der Waals surface area contributed by atoms with Crippen molar-refractivity contribution in [3.63, 3.8) is 0 Å². The van der Waals surface area contributed by atoms with E-state index in [-0.39, 0.29) is 6.85 Å². The Balaban J connectivity index is 2.02. The highest BCUT2D eigenvalue weighted by molar-refractivity contribution is 6.83. The van der Waals surface area contributed by atoms with Crippen molar-refractivity contribution in [2.75, 3.05) is 7.05 Å². The topological polar surface area (TPSA) is 7.12 Å². The number of hydrogen-bond acceptors (Lipinski definition) is 1. The minimum atomic E-state index is 0.231. The van der Waals surface area contributed by atoms with Crippen LogP contribution in [0.1, 0.15) is 23.6 Å². The molecule has 0 radical (unpaired) electrons. The first-order chi connectivity index (χ1) is 12.0. The van der Waals surface area contributed by atoms with Crippen molar-refractivity contribution in [2.24, 2.45) is 7.05 Å². The second kappa shape index (κ2) is 5.77. The Hall–Kier alpha value is -2.55. The number of hydrogen-bond donors (Lipinski definition) is 0. The summed E-state index contributed by atoms with van der Waals surface area (Å²) in [6.07, 6.45) is 2.28. The summed E-state index contributed by atoms with van der Waals surface area (Å²) in [4.78, 5) is 2.39. The molecule has 0 saturated carbocycles. The van der Waals surface area contributed by atoms with E-state index in [0.29, 0.717) is 0 Å². The van der Waals surface area contributed by atoms with Crippen LogP contribution in [0, 0.1) is 13.8 Å². The Morgan fingerprint density at radius 1 is 0.920 bits per heavy atom. The Bertz CT molecular complexity index is 1020. The molecule has 2 aromatic carbocycles. The first-order valence-corrected chi connectivity index (χ1v) is 8.88. The second-order valence-electron chi connectivity index (χ2n) is 7.21. The van der Waals surface area contributed by atoms with Crippen molar-refractivity contribution < 1.29 is 4.57 Å². The molecule has 3 heteroatoms. The van der Waals surface area contributed by atoms with Crippen LogP contribution in [-0.2, 0) is 7.05 Å². The minimum absolute atomic E-state index is 0.231. The number of aromatic nitrogens is 1. The van der Waals surface area contributed by atoms with Gasteiger partial charge in [0.2, 0.25) is 5.52 Å². The van der Waals surface area contributed by atoms with Gasteiger partial charge in [0.1, 0.15) is 7.05 Å². The lowest BCUT2D eigenvalue weighted by atomic mass is 9.48. The summed E-state index contributed by atoms with van der Waals surface area (Å²) in [7, 11) is 4.39. The molecule has 0 spiro atoms. The molecular weight excluding hydrogens is 303 g/mol. The standard InChI is InChI=1S/C22H24BN2/c1-15-9-8-12-20-22(15)16(2)13-21(24(20)4)23-19-11-7-6-10-18(19)14-17(3)25(23)5/h6-14H,1-5H3/q+1. The Kier molecular flexibility index (Phi) is 3.68. The Labute approximate surface area is 150 Å². The Morgan fingerprint density at radius 3 is 2.48 bits per heavy atom. The summed E-state index contributed by atoms with van der Waals surface area (Å²) in [5, 5.41) is 1.37. The molecule has 0 N–H and O–H groups in total. The summed E-state index contributed by atoms with van der Waals surface area (Å²) >= 11 is 0. The number of fused-ring (bicyclic) bond motifs is 2. The average Bonchev–Trinajstić information content (AvgIpc) is 2.59. The van der Waals surface area contributed by atoms with Crippen LogP contribution in [0.4, 0.5) is 0 Å². The molecule has 2 nitrogen and oxygen atoms in total. The SMILES string of the molecule is CC1=Cc2ccccc2B(c2cc(C)c3c(C)cccc3[n+]2C)N1C. The van der Waals surface area contributed by atoms with E-state index in [4.69, 9.17) is 0 Å². The summed E-state index contributed by atoms with van der Waals surface area (Å²) < 4.78 is 2.37. The molecule has 0 atom stereocenters. The van der Waals surface area contributed by atoms with Crippen LogP contribution in [0.25, 0.3) is 17.0 Å². The third-order valence-electron chi connectivity index (χ3n) is 5.64. The molecule has 1 aliphatic heterocycles. The van der Waals surface area contributed by atoms with Gasteiger partial charge in [-0.2, -0.15) is 0 Å². The Morgan fingerprint density at radius 2 is 1.68 bits per heavy atom. The molecular formula is C22H24BN2+. The predicted octanol–water partition coefficient (Wildman–Crippen LogP) is 2.69. The first-order valence-electron chi connectivity index (χ1n) is 8.88. The molecule has 0 aliphatic carbocycles. The maximum Gasteiger partial charge on any atom is 0.404 e. The highest BCUT2D eigenvalue weighted by Gasteiger charge is 2.37. The van der Waals surface area contributed by atoms with Crippen molar-refractivity contribution in [3.05, 3.63) is 70.9 Å². The summed E-state index contributed by atoms with van der Waals surface area (Å²) in [5.41, 5.74) is 9.31. The summed E-state index contributed by atoms with van der Waals surface area (Å²) in [6, 6.07) is 17.7.